The molecule has 1 aromatic rings. The molecule has 0 aromatic carbocycles. The van der Waals surface area contributed by atoms with E-state index < -0.39 is 10.0 Å². The van der Waals surface area contributed by atoms with Crippen LogP contribution in [0.25, 0.3) is 0 Å². The van der Waals surface area contributed by atoms with Crippen molar-refractivity contribution >= 4 is 21.4 Å². The molecule has 0 bridgehead atoms. The van der Waals surface area contributed by atoms with Crippen molar-refractivity contribution < 1.29 is 8.42 Å². The van der Waals surface area contributed by atoms with Gasteiger partial charge in [-0.2, -0.15) is 5.26 Å². The minimum absolute atomic E-state index is 0.239. The molecule has 0 aliphatic heterocycles. The molecule has 1 heterocycles. The van der Waals surface area contributed by atoms with Gasteiger partial charge >= 0.3 is 0 Å². The number of sulfonamides is 1. The molecule has 0 saturated carbocycles. The normalized spacial score (nSPS) is 11.6. The fraction of sp³-hybridized carbons (Fsp3) is 0.500. The Bertz CT molecular complexity index is 485. The monoisotopic (exact) mass is 258 g/mol. The van der Waals surface area contributed by atoms with Gasteiger partial charge in [-0.1, -0.05) is 13.3 Å². The zero-order chi connectivity index (χ0) is 12.2. The molecule has 0 radical (unpaired) electrons. The van der Waals surface area contributed by atoms with E-state index in [0.29, 0.717) is 11.4 Å². The van der Waals surface area contributed by atoms with Crippen LogP contribution in [0, 0.1) is 11.3 Å². The van der Waals surface area contributed by atoms with E-state index in [1.165, 1.54) is 16.4 Å². The highest BCUT2D eigenvalue weighted by Gasteiger charge is 2.22. The second-order valence-electron chi connectivity index (χ2n) is 3.41. The summed E-state index contributed by atoms with van der Waals surface area (Å²) in [5.74, 6) is 0. The molecule has 0 aliphatic carbocycles. The van der Waals surface area contributed by atoms with Gasteiger partial charge in [0.15, 0.2) is 0 Å². The van der Waals surface area contributed by atoms with Crippen molar-refractivity contribution in [2.45, 2.75) is 24.0 Å². The summed E-state index contributed by atoms with van der Waals surface area (Å²) in [5.41, 5.74) is 0. The van der Waals surface area contributed by atoms with Crippen LogP contribution in [0.1, 0.15) is 24.6 Å². The first kappa shape index (κ1) is 13.2. The number of hydrogen-bond donors (Lipinski definition) is 0. The van der Waals surface area contributed by atoms with E-state index in [1.54, 1.807) is 7.05 Å². The Morgan fingerprint density at radius 1 is 1.50 bits per heavy atom. The third kappa shape index (κ3) is 2.82. The van der Waals surface area contributed by atoms with Crippen molar-refractivity contribution in [3.8, 4) is 6.07 Å². The second kappa shape index (κ2) is 5.43. The molecule has 0 atom stereocenters. The molecule has 16 heavy (non-hydrogen) atoms. The second-order valence-corrected chi connectivity index (χ2v) is 6.77. The number of unbranched alkanes of at least 4 members (excludes halogenated alkanes) is 1. The standard InChI is InChI=1S/C10H14N2O2S2/c1-3-4-7-12(2)16(13,14)10-6-5-9(8-11)15-10/h5-6H,3-4,7H2,1-2H3. The van der Waals surface area contributed by atoms with Gasteiger partial charge in [-0.15, -0.1) is 11.3 Å². The highest BCUT2D eigenvalue weighted by Crippen LogP contribution is 2.23. The third-order valence-electron chi connectivity index (χ3n) is 2.18. The third-order valence-corrected chi connectivity index (χ3v) is 5.50. The van der Waals surface area contributed by atoms with E-state index in [1.807, 2.05) is 13.0 Å². The van der Waals surface area contributed by atoms with Crippen LogP contribution in [0.15, 0.2) is 16.3 Å². The fourth-order valence-corrected chi connectivity index (χ4v) is 3.70. The van der Waals surface area contributed by atoms with Gasteiger partial charge in [-0.25, -0.2) is 12.7 Å². The SMILES string of the molecule is CCCCN(C)S(=O)(=O)c1ccc(C#N)s1. The van der Waals surface area contributed by atoms with Crippen LogP contribution in [-0.4, -0.2) is 26.3 Å². The van der Waals surface area contributed by atoms with E-state index >= 15 is 0 Å². The van der Waals surface area contributed by atoms with Gasteiger partial charge in [0.1, 0.15) is 15.2 Å². The Morgan fingerprint density at radius 3 is 2.69 bits per heavy atom. The summed E-state index contributed by atoms with van der Waals surface area (Å²) < 4.78 is 25.6. The Balaban J connectivity index is 2.89. The van der Waals surface area contributed by atoms with Gasteiger partial charge in [-0.05, 0) is 18.6 Å². The predicted molar refractivity (Wildman–Crippen MR) is 63.8 cm³/mol. The van der Waals surface area contributed by atoms with Crippen LogP contribution in [0.5, 0.6) is 0 Å². The lowest BCUT2D eigenvalue weighted by atomic mass is 10.3. The maximum absolute atomic E-state index is 12.0. The first-order valence-electron chi connectivity index (χ1n) is 4.98. The minimum Gasteiger partial charge on any atom is -0.206 e. The highest BCUT2D eigenvalue weighted by atomic mass is 32.2. The van der Waals surface area contributed by atoms with Gasteiger partial charge < -0.3 is 0 Å². The lowest BCUT2D eigenvalue weighted by Gasteiger charge is -2.14. The van der Waals surface area contributed by atoms with Gasteiger partial charge in [0.05, 0.1) is 0 Å². The van der Waals surface area contributed by atoms with Crippen LogP contribution in [-0.2, 0) is 10.0 Å². The first-order valence-corrected chi connectivity index (χ1v) is 7.24. The highest BCUT2D eigenvalue weighted by molar-refractivity contribution is 7.91. The molecule has 0 fully saturated rings. The van der Waals surface area contributed by atoms with Crippen LogP contribution < -0.4 is 0 Å². The molecule has 0 N–H and O–H groups in total. The average molecular weight is 258 g/mol. The van der Waals surface area contributed by atoms with Crippen molar-refractivity contribution in [1.82, 2.24) is 4.31 Å². The Kier molecular flexibility index (Phi) is 4.47. The molecule has 0 aliphatic rings. The topological polar surface area (TPSA) is 61.2 Å². The Labute approximate surface area is 100 Å². The number of rotatable bonds is 5. The molecule has 0 spiro atoms. The molecule has 0 amide bonds. The van der Waals surface area contributed by atoms with E-state index in [9.17, 15) is 8.42 Å². The minimum atomic E-state index is -3.40. The van der Waals surface area contributed by atoms with E-state index in [2.05, 4.69) is 0 Å². The summed E-state index contributed by atoms with van der Waals surface area (Å²) in [6, 6.07) is 4.96. The number of nitrogens with zero attached hydrogens (tertiary/aromatic N) is 2. The quantitative estimate of drug-likeness (QED) is 0.812. The maximum atomic E-state index is 12.0. The van der Waals surface area contributed by atoms with Gasteiger partial charge in [-0.3, -0.25) is 0 Å². The Morgan fingerprint density at radius 2 is 2.19 bits per heavy atom. The zero-order valence-electron chi connectivity index (χ0n) is 9.30. The molecule has 88 valence electrons. The van der Waals surface area contributed by atoms with Crippen LogP contribution in [0.2, 0.25) is 0 Å². The maximum Gasteiger partial charge on any atom is 0.252 e. The summed E-state index contributed by atoms with van der Waals surface area (Å²) in [5, 5.41) is 8.65. The summed E-state index contributed by atoms with van der Waals surface area (Å²) >= 11 is 1.01. The lowest BCUT2D eigenvalue weighted by molar-refractivity contribution is 0.461. The van der Waals surface area contributed by atoms with Crippen molar-refractivity contribution in [3.05, 3.63) is 17.0 Å². The van der Waals surface area contributed by atoms with Crippen molar-refractivity contribution in [1.29, 1.82) is 5.26 Å². The summed E-state index contributed by atoms with van der Waals surface area (Å²) in [7, 11) is -1.83. The number of nitriles is 1. The van der Waals surface area contributed by atoms with Gasteiger partial charge in [0.25, 0.3) is 10.0 Å². The molecule has 0 saturated heterocycles. The van der Waals surface area contributed by atoms with Gasteiger partial charge in [0.2, 0.25) is 0 Å². The number of thiophene rings is 1. The molecule has 1 aromatic heterocycles. The molecular formula is C10H14N2O2S2. The van der Waals surface area contributed by atoms with E-state index in [0.717, 1.165) is 24.2 Å². The molecule has 1 rings (SSSR count). The van der Waals surface area contributed by atoms with E-state index in [4.69, 9.17) is 5.26 Å². The largest absolute Gasteiger partial charge is 0.252 e. The summed E-state index contributed by atoms with van der Waals surface area (Å²) in [4.78, 5) is 0.419. The van der Waals surface area contributed by atoms with E-state index in [-0.39, 0.29) is 4.21 Å². The predicted octanol–water partition coefficient (Wildman–Crippen LogP) is 2.04. The zero-order valence-corrected chi connectivity index (χ0v) is 10.9. The summed E-state index contributed by atoms with van der Waals surface area (Å²) in [6.45, 7) is 2.53. The van der Waals surface area contributed by atoms with Crippen molar-refractivity contribution in [3.63, 3.8) is 0 Å². The molecule has 4 nitrogen and oxygen atoms in total. The van der Waals surface area contributed by atoms with Crippen molar-refractivity contribution in [2.24, 2.45) is 0 Å². The van der Waals surface area contributed by atoms with Crippen LogP contribution in [0.4, 0.5) is 0 Å². The molecule has 6 heteroatoms. The smallest absolute Gasteiger partial charge is 0.206 e. The lowest BCUT2D eigenvalue weighted by Crippen LogP contribution is -2.27. The average Bonchev–Trinajstić information content (AvgIpc) is 2.74. The fourth-order valence-electron chi connectivity index (χ4n) is 1.17. The van der Waals surface area contributed by atoms with Crippen molar-refractivity contribution in [2.75, 3.05) is 13.6 Å². The Hall–Kier alpha value is -0.900. The first-order chi connectivity index (χ1) is 7.52. The molecular weight excluding hydrogens is 244 g/mol. The number of hydrogen-bond acceptors (Lipinski definition) is 4. The van der Waals surface area contributed by atoms with Gasteiger partial charge in [0, 0.05) is 13.6 Å². The molecule has 0 unspecified atom stereocenters. The van der Waals surface area contributed by atoms with Crippen LogP contribution >= 0.6 is 11.3 Å². The van der Waals surface area contributed by atoms with Crippen LogP contribution in [0.3, 0.4) is 0 Å². The summed E-state index contributed by atoms with van der Waals surface area (Å²) in [6.07, 6.45) is 1.79.